The number of carbonyl (C=O) groups excluding carboxylic acids is 1. The smallest absolute Gasteiger partial charge is 0.247 e. The van der Waals surface area contributed by atoms with Crippen LogP contribution in [0.3, 0.4) is 0 Å². The van der Waals surface area contributed by atoms with Crippen molar-refractivity contribution >= 4 is 53.2 Å². The molecule has 8 nitrogen and oxygen atoms in total. The lowest BCUT2D eigenvalue weighted by atomic mass is 9.97. The van der Waals surface area contributed by atoms with Crippen LogP contribution in [-0.4, -0.2) is 65.8 Å². The third kappa shape index (κ3) is 5.68. The molecule has 0 spiro atoms. The summed E-state index contributed by atoms with van der Waals surface area (Å²) in [6.07, 6.45) is 2.48. The Kier molecular flexibility index (Phi) is 8.25. The number of nitrogens with one attached hydrogen (secondary N) is 1. The minimum Gasteiger partial charge on any atom is -0.494 e. The molecule has 0 radical (unpaired) electrons. The van der Waals surface area contributed by atoms with Crippen molar-refractivity contribution in [2.45, 2.75) is 5.92 Å². The van der Waals surface area contributed by atoms with Crippen molar-refractivity contribution in [1.29, 1.82) is 0 Å². The molecule has 1 fully saturated rings. The number of aliphatic imine (C=N–C) groups is 2. The second kappa shape index (κ2) is 11.6. The first-order valence-corrected chi connectivity index (χ1v) is 12.1. The number of anilines is 3. The average Bonchev–Trinajstić information content (AvgIpc) is 3.24. The molecule has 2 aliphatic heterocycles. The average molecular weight is 526 g/mol. The fraction of sp³-hybridized carbons (Fsp3) is 0.296. The van der Waals surface area contributed by atoms with Crippen molar-refractivity contribution in [1.82, 2.24) is 0 Å². The van der Waals surface area contributed by atoms with Gasteiger partial charge in [0.05, 0.1) is 36.7 Å². The highest BCUT2D eigenvalue weighted by Crippen LogP contribution is 2.43. The van der Waals surface area contributed by atoms with Gasteiger partial charge in [0, 0.05) is 56.3 Å². The molecule has 1 N–H and O–H groups in total. The van der Waals surface area contributed by atoms with Gasteiger partial charge in [-0.1, -0.05) is 24.2 Å². The first-order valence-electron chi connectivity index (χ1n) is 11.8. The molecule has 2 aromatic rings. The molecule has 2 aromatic carbocycles. The molecular weight excluding hydrogens is 497 g/mol. The number of nitrogens with zero attached hydrogens (tertiary/aromatic N) is 4. The van der Waals surface area contributed by atoms with E-state index in [4.69, 9.17) is 21.1 Å². The molecule has 194 valence electrons. The number of benzene rings is 2. The lowest BCUT2D eigenvalue weighted by Gasteiger charge is -2.29. The summed E-state index contributed by atoms with van der Waals surface area (Å²) in [6.45, 7) is 11.0. The Morgan fingerprint density at radius 3 is 2.73 bits per heavy atom. The molecule has 1 atom stereocenters. The monoisotopic (exact) mass is 525 g/mol. The Balaban J connectivity index is 1.63. The van der Waals surface area contributed by atoms with Crippen LogP contribution in [0, 0.1) is 5.82 Å². The van der Waals surface area contributed by atoms with E-state index >= 15 is 0 Å². The van der Waals surface area contributed by atoms with Gasteiger partial charge in [-0.2, -0.15) is 0 Å². The van der Waals surface area contributed by atoms with E-state index in [1.54, 1.807) is 0 Å². The Morgan fingerprint density at radius 2 is 2.05 bits per heavy atom. The fourth-order valence-electron chi connectivity index (χ4n) is 4.51. The van der Waals surface area contributed by atoms with Gasteiger partial charge in [-0.15, -0.1) is 0 Å². The highest BCUT2D eigenvalue weighted by atomic mass is 35.5. The van der Waals surface area contributed by atoms with Crippen LogP contribution in [0.15, 0.2) is 63.7 Å². The normalized spacial score (nSPS) is 17.9. The first-order chi connectivity index (χ1) is 17.9. The van der Waals surface area contributed by atoms with Crippen LogP contribution in [0.5, 0.6) is 5.75 Å². The molecule has 0 bridgehead atoms. The minimum atomic E-state index is -0.664. The molecule has 2 aliphatic rings. The number of carbonyl (C=O) groups is 1. The third-order valence-electron chi connectivity index (χ3n) is 6.41. The summed E-state index contributed by atoms with van der Waals surface area (Å²) in [5.74, 6) is -1.13. The van der Waals surface area contributed by atoms with E-state index in [9.17, 15) is 9.18 Å². The third-order valence-corrected chi connectivity index (χ3v) is 6.70. The van der Waals surface area contributed by atoms with Gasteiger partial charge in [0.25, 0.3) is 0 Å². The van der Waals surface area contributed by atoms with E-state index in [1.807, 2.05) is 7.05 Å². The number of morpholine rings is 1. The number of fused-ring (bicyclic) bond motifs is 1. The Bertz CT molecular complexity index is 1270. The second-order valence-corrected chi connectivity index (χ2v) is 9.03. The maximum Gasteiger partial charge on any atom is 0.247 e. The molecule has 0 aromatic heterocycles. The molecule has 37 heavy (non-hydrogen) atoms. The lowest BCUT2D eigenvalue weighted by Crippen LogP contribution is -2.36. The highest BCUT2D eigenvalue weighted by molar-refractivity contribution is 6.40. The SMILES string of the molecule is C=CC(=O)Nc1cc(N=C/C(Cl)=C(\N=C)C2CN(C)c3cc(N4CCOCC4)ccc32)c(OC)cc1F. The zero-order chi connectivity index (χ0) is 26.5. The molecule has 4 rings (SSSR count). The fourth-order valence-corrected chi connectivity index (χ4v) is 4.75. The van der Waals surface area contributed by atoms with Gasteiger partial charge in [0.1, 0.15) is 11.4 Å². The summed E-state index contributed by atoms with van der Waals surface area (Å²) in [5.41, 5.74) is 4.17. The van der Waals surface area contributed by atoms with Crippen LogP contribution < -0.4 is 19.9 Å². The van der Waals surface area contributed by atoms with Crippen molar-refractivity contribution in [2.24, 2.45) is 9.98 Å². The number of rotatable bonds is 8. The van der Waals surface area contributed by atoms with Crippen molar-refractivity contribution in [3.8, 4) is 5.75 Å². The van der Waals surface area contributed by atoms with Gasteiger partial charge >= 0.3 is 0 Å². The summed E-state index contributed by atoms with van der Waals surface area (Å²) < 4.78 is 25.1. The van der Waals surface area contributed by atoms with Crippen LogP contribution in [0.2, 0.25) is 0 Å². The van der Waals surface area contributed by atoms with E-state index in [-0.39, 0.29) is 23.0 Å². The summed E-state index contributed by atoms with van der Waals surface area (Å²) >= 11 is 6.68. The molecule has 0 aliphatic carbocycles. The van der Waals surface area contributed by atoms with Crippen LogP contribution in [-0.2, 0) is 9.53 Å². The maximum atomic E-state index is 14.4. The van der Waals surface area contributed by atoms with Crippen molar-refractivity contribution in [3.63, 3.8) is 0 Å². The maximum absolute atomic E-state index is 14.4. The molecule has 2 heterocycles. The van der Waals surface area contributed by atoms with Crippen LogP contribution >= 0.6 is 11.6 Å². The molecule has 1 unspecified atom stereocenters. The molecule has 1 amide bonds. The number of halogens is 2. The van der Waals surface area contributed by atoms with Gasteiger partial charge in [0.15, 0.2) is 5.82 Å². The Hall–Kier alpha value is -3.69. The van der Waals surface area contributed by atoms with Gasteiger partial charge < -0.3 is 24.6 Å². The minimum absolute atomic E-state index is 0.0533. The van der Waals surface area contributed by atoms with Gasteiger partial charge in [0.2, 0.25) is 5.91 Å². The summed E-state index contributed by atoms with van der Waals surface area (Å²) in [6, 6.07) is 8.92. The van der Waals surface area contributed by atoms with Crippen molar-refractivity contribution < 1.29 is 18.7 Å². The zero-order valence-electron chi connectivity index (χ0n) is 20.8. The largest absolute Gasteiger partial charge is 0.494 e. The first kappa shape index (κ1) is 26.4. The van der Waals surface area contributed by atoms with Crippen LogP contribution in [0.4, 0.5) is 27.1 Å². The predicted octanol–water partition coefficient (Wildman–Crippen LogP) is 4.88. The predicted molar refractivity (Wildman–Crippen MR) is 148 cm³/mol. The molecular formula is C27H29ClFN5O3. The number of allylic oxidation sites excluding steroid dienone is 1. The van der Waals surface area contributed by atoms with Gasteiger partial charge in [-0.05, 0) is 36.6 Å². The van der Waals surface area contributed by atoms with Crippen LogP contribution in [0.1, 0.15) is 11.5 Å². The summed E-state index contributed by atoms with van der Waals surface area (Å²) in [5, 5.41) is 2.70. The number of hydrogen-bond donors (Lipinski definition) is 1. The number of likely N-dealkylation sites (N-methyl/N-ethyl adjacent to an activating group) is 1. The molecule has 0 saturated carbocycles. The molecule has 1 saturated heterocycles. The topological polar surface area (TPSA) is 78.8 Å². The number of hydrogen-bond acceptors (Lipinski definition) is 7. The quantitative estimate of drug-likeness (QED) is 0.392. The Morgan fingerprint density at radius 1 is 1.30 bits per heavy atom. The van der Waals surface area contributed by atoms with E-state index in [2.05, 4.69) is 56.6 Å². The summed E-state index contributed by atoms with van der Waals surface area (Å²) in [7, 11) is 3.44. The molecule has 10 heteroatoms. The second-order valence-electron chi connectivity index (χ2n) is 8.62. The van der Waals surface area contributed by atoms with E-state index in [0.717, 1.165) is 55.4 Å². The standard InChI is InChI=1S/C27H29ClFN5O3/c1-5-26(35)32-22-14-23(25(36-4)13-21(22)29)31-15-20(28)27(30-2)19-16-33(3)24-12-17(6-7-18(19)24)34-8-10-37-11-9-34/h5-7,12-15,19H,1-2,8-11,16H2,3-4H3,(H,32,35)/b27-20+,31-15?. The number of methoxy groups -OCH3 is 1. The lowest BCUT2D eigenvalue weighted by molar-refractivity contribution is -0.111. The van der Waals surface area contributed by atoms with Crippen molar-refractivity contribution in [2.75, 3.05) is 62.1 Å². The van der Waals surface area contributed by atoms with Gasteiger partial charge in [-0.3, -0.25) is 14.8 Å². The summed E-state index contributed by atoms with van der Waals surface area (Å²) in [4.78, 5) is 24.8. The van der Waals surface area contributed by atoms with E-state index in [0.29, 0.717) is 17.3 Å². The number of ether oxygens (including phenoxy) is 2. The van der Waals surface area contributed by atoms with Crippen LogP contribution in [0.25, 0.3) is 0 Å². The van der Waals surface area contributed by atoms with Crippen molar-refractivity contribution in [3.05, 3.63) is 65.1 Å². The Labute approximate surface area is 220 Å². The highest BCUT2D eigenvalue weighted by Gasteiger charge is 2.31. The number of amides is 1. The van der Waals surface area contributed by atoms with Gasteiger partial charge in [-0.25, -0.2) is 4.39 Å². The van der Waals surface area contributed by atoms with E-state index < -0.39 is 11.7 Å². The van der Waals surface area contributed by atoms with E-state index in [1.165, 1.54) is 19.4 Å². The zero-order valence-corrected chi connectivity index (χ0v) is 21.6.